The van der Waals surface area contributed by atoms with Gasteiger partial charge >= 0.3 is 0 Å². The minimum atomic E-state index is -0.0659. The molecule has 0 aromatic carbocycles. The zero-order valence-electron chi connectivity index (χ0n) is 12.4. The van der Waals surface area contributed by atoms with Crippen LogP contribution in [0.25, 0.3) is 11.4 Å². The second kappa shape index (κ2) is 6.02. The van der Waals surface area contributed by atoms with Crippen molar-refractivity contribution in [3.8, 4) is 11.4 Å². The molecule has 3 aromatic heterocycles. The van der Waals surface area contributed by atoms with Crippen molar-refractivity contribution in [3.63, 3.8) is 0 Å². The van der Waals surface area contributed by atoms with Crippen molar-refractivity contribution in [1.29, 1.82) is 0 Å². The number of nitrogens with one attached hydrogen (secondary N) is 1. The Bertz CT molecular complexity index is 860. The Morgan fingerprint density at radius 1 is 1.30 bits per heavy atom. The number of H-pyrrole nitrogens is 1. The van der Waals surface area contributed by atoms with Crippen molar-refractivity contribution in [1.82, 2.24) is 24.8 Å². The first-order chi connectivity index (χ1) is 11.3. The van der Waals surface area contributed by atoms with Crippen LogP contribution < -0.4 is 5.56 Å². The molecule has 0 saturated heterocycles. The monoisotopic (exact) mass is 325 g/mol. The van der Waals surface area contributed by atoms with Crippen molar-refractivity contribution in [2.24, 2.45) is 0 Å². The van der Waals surface area contributed by atoms with Crippen LogP contribution in [0.3, 0.4) is 0 Å². The molecule has 4 heterocycles. The molecule has 23 heavy (non-hydrogen) atoms. The molecular weight excluding hydrogens is 310 g/mol. The average Bonchev–Trinajstić information content (AvgIpc) is 3.09. The quantitative estimate of drug-likeness (QED) is 0.795. The smallest absolute Gasteiger partial charge is 0.255 e. The maximum absolute atomic E-state index is 12.4. The van der Waals surface area contributed by atoms with Gasteiger partial charge < -0.3 is 4.98 Å². The zero-order valence-corrected chi connectivity index (χ0v) is 13.2. The summed E-state index contributed by atoms with van der Waals surface area (Å²) in [6, 6.07) is 2.13. The van der Waals surface area contributed by atoms with Gasteiger partial charge in [-0.1, -0.05) is 0 Å². The summed E-state index contributed by atoms with van der Waals surface area (Å²) < 4.78 is 0. The van der Waals surface area contributed by atoms with Gasteiger partial charge in [0.05, 0.1) is 16.8 Å². The Hall–Kier alpha value is -2.38. The largest absolute Gasteiger partial charge is 0.306 e. The van der Waals surface area contributed by atoms with Gasteiger partial charge in [-0.05, 0) is 22.4 Å². The number of aromatic nitrogens is 4. The summed E-state index contributed by atoms with van der Waals surface area (Å²) in [5.74, 6) is 0.542. The molecule has 4 rings (SSSR count). The van der Waals surface area contributed by atoms with E-state index in [1.165, 1.54) is 11.9 Å². The highest BCUT2D eigenvalue weighted by atomic mass is 32.1. The van der Waals surface area contributed by atoms with Crippen molar-refractivity contribution in [2.75, 3.05) is 6.54 Å². The molecule has 0 atom stereocenters. The molecule has 0 fully saturated rings. The molecule has 0 unspecified atom stereocenters. The number of hydrogen-bond acceptors (Lipinski definition) is 6. The molecule has 0 radical (unpaired) electrons. The Labute approximate surface area is 136 Å². The van der Waals surface area contributed by atoms with E-state index in [-0.39, 0.29) is 5.56 Å². The Morgan fingerprint density at radius 2 is 2.17 bits per heavy atom. The van der Waals surface area contributed by atoms with Gasteiger partial charge in [0.1, 0.15) is 12.2 Å². The highest BCUT2D eigenvalue weighted by Crippen LogP contribution is 2.19. The van der Waals surface area contributed by atoms with Gasteiger partial charge in [-0.15, -0.1) is 0 Å². The van der Waals surface area contributed by atoms with Crippen LogP contribution in [0, 0.1) is 0 Å². The van der Waals surface area contributed by atoms with Crippen molar-refractivity contribution < 1.29 is 0 Å². The Balaban J connectivity index is 1.62. The third-order valence-electron chi connectivity index (χ3n) is 3.97. The summed E-state index contributed by atoms with van der Waals surface area (Å²) in [6.07, 6.45) is 5.55. The lowest BCUT2D eigenvalue weighted by Gasteiger charge is -2.27. The van der Waals surface area contributed by atoms with E-state index in [1.54, 1.807) is 23.7 Å². The van der Waals surface area contributed by atoms with Crippen LogP contribution in [-0.2, 0) is 19.5 Å². The van der Waals surface area contributed by atoms with Crippen molar-refractivity contribution >= 4 is 11.3 Å². The molecule has 0 aliphatic carbocycles. The highest BCUT2D eigenvalue weighted by molar-refractivity contribution is 7.07. The first-order valence-electron chi connectivity index (χ1n) is 7.40. The number of fused-ring (bicyclic) bond motifs is 1. The minimum Gasteiger partial charge on any atom is -0.306 e. The SMILES string of the molecule is O=c1[nH]c(-c2cncnc2)nc2c1CN(Cc1ccsc1)CC2. The number of rotatable bonds is 3. The van der Waals surface area contributed by atoms with Crippen LogP contribution in [-0.4, -0.2) is 31.4 Å². The molecule has 116 valence electrons. The standard InChI is InChI=1S/C16H15N5OS/c22-16-13-8-21(7-11-2-4-23-9-11)3-1-14(13)19-15(20-16)12-5-17-10-18-6-12/h2,4-6,9-10H,1,3,7-8H2,(H,19,20,22). The van der Waals surface area contributed by atoms with E-state index >= 15 is 0 Å². The Kier molecular flexibility index (Phi) is 3.72. The number of hydrogen-bond donors (Lipinski definition) is 1. The van der Waals surface area contributed by atoms with E-state index < -0.39 is 0 Å². The van der Waals surface area contributed by atoms with Gasteiger partial charge in [-0.2, -0.15) is 11.3 Å². The third-order valence-corrected chi connectivity index (χ3v) is 4.70. The van der Waals surface area contributed by atoms with Crippen LogP contribution in [0.15, 0.2) is 40.3 Å². The fourth-order valence-corrected chi connectivity index (χ4v) is 3.47. The van der Waals surface area contributed by atoms with E-state index in [0.29, 0.717) is 12.4 Å². The van der Waals surface area contributed by atoms with Crippen LogP contribution in [0.5, 0.6) is 0 Å². The molecule has 3 aromatic rings. The van der Waals surface area contributed by atoms with E-state index in [1.807, 2.05) is 0 Å². The lowest BCUT2D eigenvalue weighted by molar-refractivity contribution is 0.242. The molecule has 0 bridgehead atoms. The molecule has 1 aliphatic rings. The van der Waals surface area contributed by atoms with Gasteiger partial charge in [-0.25, -0.2) is 15.0 Å². The van der Waals surface area contributed by atoms with Crippen LogP contribution >= 0.6 is 11.3 Å². The molecular formula is C16H15N5OS. The van der Waals surface area contributed by atoms with Crippen molar-refractivity contribution in [3.05, 3.63) is 62.7 Å². The summed E-state index contributed by atoms with van der Waals surface area (Å²) in [4.78, 5) is 30.2. The summed E-state index contributed by atoms with van der Waals surface area (Å²) in [5, 5.41) is 4.23. The molecule has 1 aliphatic heterocycles. The molecule has 7 heteroatoms. The minimum absolute atomic E-state index is 0.0659. The number of aromatic amines is 1. The molecule has 0 spiro atoms. The van der Waals surface area contributed by atoms with E-state index in [9.17, 15) is 4.79 Å². The van der Waals surface area contributed by atoms with Crippen LogP contribution in [0.4, 0.5) is 0 Å². The second-order valence-corrected chi connectivity index (χ2v) is 6.34. The molecule has 0 amide bonds. The number of thiophene rings is 1. The van der Waals surface area contributed by atoms with Crippen LogP contribution in [0.2, 0.25) is 0 Å². The maximum Gasteiger partial charge on any atom is 0.255 e. The van der Waals surface area contributed by atoms with Gasteiger partial charge in [0, 0.05) is 38.4 Å². The van der Waals surface area contributed by atoms with Crippen molar-refractivity contribution in [2.45, 2.75) is 19.5 Å². The predicted molar refractivity (Wildman–Crippen MR) is 88.0 cm³/mol. The Morgan fingerprint density at radius 3 is 2.96 bits per heavy atom. The van der Waals surface area contributed by atoms with Gasteiger partial charge in [-0.3, -0.25) is 9.69 Å². The predicted octanol–water partition coefficient (Wildman–Crippen LogP) is 1.85. The van der Waals surface area contributed by atoms with Gasteiger partial charge in [0.25, 0.3) is 5.56 Å². The lowest BCUT2D eigenvalue weighted by Crippen LogP contribution is -2.35. The van der Waals surface area contributed by atoms with Gasteiger partial charge in [0.15, 0.2) is 0 Å². The maximum atomic E-state index is 12.4. The molecule has 6 nitrogen and oxygen atoms in total. The lowest BCUT2D eigenvalue weighted by atomic mass is 10.1. The second-order valence-electron chi connectivity index (χ2n) is 5.56. The fourth-order valence-electron chi connectivity index (χ4n) is 2.81. The van der Waals surface area contributed by atoms with E-state index in [2.05, 4.69) is 41.7 Å². The summed E-state index contributed by atoms with van der Waals surface area (Å²) >= 11 is 1.70. The summed E-state index contributed by atoms with van der Waals surface area (Å²) in [5.41, 5.74) is 3.61. The summed E-state index contributed by atoms with van der Waals surface area (Å²) in [7, 11) is 0. The number of nitrogens with zero attached hydrogens (tertiary/aromatic N) is 4. The molecule has 1 N–H and O–H groups in total. The average molecular weight is 325 g/mol. The summed E-state index contributed by atoms with van der Waals surface area (Å²) in [6.45, 7) is 2.42. The van der Waals surface area contributed by atoms with E-state index in [0.717, 1.165) is 36.3 Å². The van der Waals surface area contributed by atoms with Gasteiger partial charge in [0.2, 0.25) is 0 Å². The molecule has 0 saturated carbocycles. The van der Waals surface area contributed by atoms with Crippen LogP contribution in [0.1, 0.15) is 16.8 Å². The first-order valence-corrected chi connectivity index (χ1v) is 8.35. The first kappa shape index (κ1) is 14.2. The van der Waals surface area contributed by atoms with E-state index in [4.69, 9.17) is 0 Å². The highest BCUT2D eigenvalue weighted by Gasteiger charge is 2.21. The fraction of sp³-hybridized carbons (Fsp3) is 0.250. The normalized spacial score (nSPS) is 14.6. The zero-order chi connectivity index (χ0) is 15.6. The third kappa shape index (κ3) is 2.93. The topological polar surface area (TPSA) is 74.8 Å².